The summed E-state index contributed by atoms with van der Waals surface area (Å²) in [7, 11) is 0. The Morgan fingerprint density at radius 3 is 1.89 bits per heavy atom. The number of nitrogens with zero attached hydrogens (tertiary/aromatic N) is 2. The van der Waals surface area contributed by atoms with Crippen LogP contribution >= 0.6 is 0 Å². The van der Waals surface area contributed by atoms with E-state index in [1.165, 1.54) is 8.96 Å². The van der Waals surface area contributed by atoms with Gasteiger partial charge in [-0.3, -0.25) is 0 Å². The first kappa shape index (κ1) is 20.4. The molecule has 3 rings (SSSR count). The maximum atomic E-state index is 16.1. The molecule has 2 aliphatic rings. The summed E-state index contributed by atoms with van der Waals surface area (Å²) in [6.07, 6.45) is 0. The van der Waals surface area contributed by atoms with Gasteiger partial charge >= 0.3 is 6.97 Å². The van der Waals surface area contributed by atoms with Crippen LogP contribution in [0.3, 0.4) is 0 Å². The van der Waals surface area contributed by atoms with Crippen LogP contribution in [0.2, 0.25) is 0 Å². The van der Waals surface area contributed by atoms with Gasteiger partial charge in [0.05, 0.1) is 5.92 Å². The highest BCUT2D eigenvalue weighted by Crippen LogP contribution is 2.48. The third-order valence-corrected chi connectivity index (χ3v) is 6.68. The monoisotopic (exact) mass is 376 g/mol. The number of fused-ring (bicyclic) bond motifs is 2. The van der Waals surface area contributed by atoms with E-state index in [9.17, 15) is 0 Å². The summed E-state index contributed by atoms with van der Waals surface area (Å²) in [5.41, 5.74) is 6.31. The van der Waals surface area contributed by atoms with Crippen LogP contribution in [0, 0.1) is 19.3 Å². The van der Waals surface area contributed by atoms with E-state index in [0.29, 0.717) is 0 Å². The largest absolute Gasteiger partial charge is 0.732 e. The Balaban J connectivity index is 2.39. The van der Waals surface area contributed by atoms with E-state index in [2.05, 4.69) is 55.4 Å². The minimum absolute atomic E-state index is 0.0242. The predicted molar refractivity (Wildman–Crippen MR) is 111 cm³/mol. The van der Waals surface area contributed by atoms with Gasteiger partial charge in [-0.1, -0.05) is 48.5 Å². The molecule has 2 atom stereocenters. The van der Waals surface area contributed by atoms with Crippen LogP contribution in [0.4, 0.5) is 8.63 Å². The van der Waals surface area contributed by atoms with E-state index in [1.807, 2.05) is 20.8 Å². The average molecular weight is 376 g/mol. The van der Waals surface area contributed by atoms with Crippen molar-refractivity contribution in [2.75, 3.05) is 0 Å². The average Bonchev–Trinajstić information content (AvgIpc) is 2.87. The zero-order chi connectivity index (χ0) is 20.9. The Bertz CT molecular complexity index is 889. The molecule has 1 aromatic rings. The van der Waals surface area contributed by atoms with Crippen molar-refractivity contribution >= 4 is 12.7 Å². The molecule has 2 nitrogen and oxygen atoms in total. The minimum atomic E-state index is -3.88. The molecule has 0 N–H and O–H groups in total. The number of hydrogen-bond acceptors (Lipinski definition) is 0. The van der Waals surface area contributed by atoms with Crippen molar-refractivity contribution in [3.8, 4) is 0 Å². The van der Waals surface area contributed by atoms with Crippen molar-refractivity contribution < 1.29 is 13.1 Å². The van der Waals surface area contributed by atoms with Gasteiger partial charge in [-0.15, -0.1) is 0 Å². The Hall–Kier alpha value is -1.39. The Morgan fingerprint density at radius 2 is 1.44 bits per heavy atom. The lowest BCUT2D eigenvalue weighted by Crippen LogP contribution is -2.58. The van der Waals surface area contributed by atoms with E-state index in [1.54, 1.807) is 0 Å². The van der Waals surface area contributed by atoms with E-state index in [-0.39, 0.29) is 22.8 Å². The lowest BCUT2D eigenvalue weighted by molar-refractivity contribution is -0.464. The molecule has 2 aliphatic heterocycles. The third kappa shape index (κ3) is 2.52. The number of hydrogen-bond donors (Lipinski definition) is 0. The number of aromatic nitrogens is 1. The highest BCUT2D eigenvalue weighted by atomic mass is 19.2. The molecule has 0 spiro atoms. The van der Waals surface area contributed by atoms with Crippen LogP contribution in [0.1, 0.15) is 90.7 Å². The van der Waals surface area contributed by atoms with Crippen molar-refractivity contribution in [3.05, 3.63) is 33.7 Å². The third-order valence-electron chi connectivity index (χ3n) is 6.68. The molecular formula is C22H35BF2N2. The molecule has 0 saturated heterocycles. The summed E-state index contributed by atoms with van der Waals surface area (Å²) in [5.74, 6) is 0.0242. The van der Waals surface area contributed by atoms with Crippen molar-refractivity contribution in [3.63, 3.8) is 0 Å². The van der Waals surface area contributed by atoms with Crippen molar-refractivity contribution in [2.45, 2.75) is 93.5 Å². The molecule has 0 aliphatic carbocycles. The molecule has 0 aromatic carbocycles. The molecule has 1 aromatic heterocycles. The zero-order valence-corrected chi connectivity index (χ0v) is 18.9. The molecule has 3 heterocycles. The number of allylic oxidation sites excluding steroid dienone is 1. The molecule has 0 bridgehead atoms. The van der Waals surface area contributed by atoms with Gasteiger partial charge in [0.25, 0.3) is 0 Å². The molecule has 2 unspecified atom stereocenters. The van der Waals surface area contributed by atoms with Gasteiger partial charge in [0.2, 0.25) is 0 Å². The van der Waals surface area contributed by atoms with Crippen molar-refractivity contribution in [1.29, 1.82) is 0 Å². The van der Waals surface area contributed by atoms with Gasteiger partial charge in [0.15, 0.2) is 0 Å². The minimum Gasteiger partial charge on any atom is -0.397 e. The molecule has 150 valence electrons. The molecule has 0 fully saturated rings. The Labute approximate surface area is 163 Å². The summed E-state index contributed by atoms with van der Waals surface area (Å²) in [6, 6.07) is -0.262. The quantitative estimate of drug-likeness (QED) is 0.494. The highest BCUT2D eigenvalue weighted by molar-refractivity contribution is 6.57. The molecule has 0 radical (unpaired) electrons. The summed E-state index contributed by atoms with van der Waals surface area (Å²) >= 11 is 0. The van der Waals surface area contributed by atoms with Crippen LogP contribution < -0.4 is 0 Å². The van der Waals surface area contributed by atoms with E-state index < -0.39 is 6.97 Å². The predicted octanol–water partition coefficient (Wildman–Crippen LogP) is 5.96. The first-order chi connectivity index (χ1) is 12.0. The second-order valence-electron chi connectivity index (χ2n) is 10.7. The van der Waals surface area contributed by atoms with Gasteiger partial charge in [0, 0.05) is 18.2 Å². The van der Waals surface area contributed by atoms with Crippen LogP contribution in [0.25, 0.3) is 0 Å². The first-order valence-corrected chi connectivity index (χ1v) is 10.1. The molecule has 27 heavy (non-hydrogen) atoms. The van der Waals surface area contributed by atoms with E-state index in [4.69, 9.17) is 0 Å². The summed E-state index contributed by atoms with van der Waals surface area (Å²) in [6.45, 7) is 18.8. The first-order valence-electron chi connectivity index (χ1n) is 10.1. The second-order valence-corrected chi connectivity index (χ2v) is 10.7. The van der Waals surface area contributed by atoms with Gasteiger partial charge < -0.3 is 17.6 Å². The fourth-order valence-corrected chi connectivity index (χ4v) is 6.38. The molecule has 0 amide bonds. The topological polar surface area (TPSA) is 7.94 Å². The fourth-order valence-electron chi connectivity index (χ4n) is 6.38. The van der Waals surface area contributed by atoms with Gasteiger partial charge in [-0.2, -0.15) is 0 Å². The lowest BCUT2D eigenvalue weighted by Gasteiger charge is -2.40. The maximum Gasteiger partial charge on any atom is 0.732 e. The summed E-state index contributed by atoms with van der Waals surface area (Å²) < 4.78 is 35.0. The number of halogens is 2. The summed E-state index contributed by atoms with van der Waals surface area (Å²) in [5, 5.41) is 0. The van der Waals surface area contributed by atoms with Crippen LogP contribution in [-0.4, -0.2) is 27.7 Å². The van der Waals surface area contributed by atoms with E-state index in [0.717, 1.165) is 39.4 Å². The van der Waals surface area contributed by atoms with Crippen LogP contribution in [-0.2, 0) is 5.41 Å². The SMILES string of the molecule is CC1=C(C(C)(C)C)C(C)=[N+]2C1C(C)c1c(C)c(C(C)(C)C)c(C)n1[B-]2(F)F. The van der Waals surface area contributed by atoms with Gasteiger partial charge in [-0.05, 0) is 54.0 Å². The molecular weight excluding hydrogens is 341 g/mol. The van der Waals surface area contributed by atoms with Crippen molar-refractivity contribution in [2.24, 2.45) is 5.41 Å². The fraction of sp³-hybridized carbons (Fsp3) is 0.682. The lowest BCUT2D eigenvalue weighted by atomic mass is 9.77. The molecule has 5 heteroatoms. The second kappa shape index (κ2) is 5.58. The van der Waals surface area contributed by atoms with Gasteiger partial charge in [0.1, 0.15) is 11.8 Å². The Morgan fingerprint density at radius 1 is 0.926 bits per heavy atom. The number of rotatable bonds is 0. The smallest absolute Gasteiger partial charge is 0.397 e. The zero-order valence-electron chi connectivity index (χ0n) is 18.9. The standard InChI is InChI=1S/C22H35BF2N2/c1-12-17(21(6,7)8)15(4)26-19(12)14(3)20-13(2)18(22(9,10)11)16(5)27(20)23(26,24)25/h14,19H,1-11H3. The maximum absolute atomic E-state index is 16.1. The highest BCUT2D eigenvalue weighted by Gasteiger charge is 2.60. The van der Waals surface area contributed by atoms with Crippen molar-refractivity contribution in [1.82, 2.24) is 4.48 Å². The molecule has 0 saturated carbocycles. The Kier molecular flexibility index (Phi) is 4.20. The van der Waals surface area contributed by atoms with Crippen LogP contribution in [0.15, 0.2) is 11.1 Å². The summed E-state index contributed by atoms with van der Waals surface area (Å²) in [4.78, 5) is 0. The van der Waals surface area contributed by atoms with Gasteiger partial charge in [-0.25, -0.2) is 0 Å². The van der Waals surface area contributed by atoms with E-state index >= 15 is 8.63 Å². The van der Waals surface area contributed by atoms with Crippen LogP contribution in [0.5, 0.6) is 0 Å². The normalized spacial score (nSPS) is 25.2.